The monoisotopic (exact) mass is 519 g/mol. The number of fused-ring (bicyclic) bond motifs is 2. The van der Waals surface area contributed by atoms with Gasteiger partial charge in [0.2, 0.25) is 0 Å². The molecule has 0 unspecified atom stereocenters. The van der Waals surface area contributed by atoms with Crippen LogP contribution in [0.4, 0.5) is 19.0 Å². The Labute approximate surface area is 213 Å². The molecule has 1 amide bonds. The minimum absolute atomic E-state index is 0.00945. The first-order valence-corrected chi connectivity index (χ1v) is 11.4. The second-order valence-electron chi connectivity index (χ2n) is 8.41. The number of anilines is 1. The molecule has 0 aliphatic rings. The maximum Gasteiger partial charge on any atom is 0.409 e. The van der Waals surface area contributed by atoms with Gasteiger partial charge in [-0.25, -0.2) is 14.5 Å². The van der Waals surface area contributed by atoms with Crippen molar-refractivity contribution in [2.45, 2.75) is 19.1 Å². The molecule has 0 spiro atoms. The summed E-state index contributed by atoms with van der Waals surface area (Å²) in [4.78, 5) is 35.8. The lowest BCUT2D eigenvalue weighted by Crippen LogP contribution is -2.33. The summed E-state index contributed by atoms with van der Waals surface area (Å²) in [6, 6.07) is 13.8. The summed E-state index contributed by atoms with van der Waals surface area (Å²) < 4.78 is 41.3. The minimum Gasteiger partial charge on any atom is -0.381 e. The largest absolute Gasteiger partial charge is 0.409 e. The minimum atomic E-state index is -4.55. The smallest absolute Gasteiger partial charge is 0.381 e. The van der Waals surface area contributed by atoms with Crippen molar-refractivity contribution in [3.63, 3.8) is 0 Å². The molecular weight excluding hydrogens is 499 g/mol. The van der Waals surface area contributed by atoms with E-state index in [1.807, 2.05) is 0 Å². The van der Waals surface area contributed by atoms with E-state index in [0.29, 0.717) is 5.69 Å². The van der Waals surface area contributed by atoms with Crippen molar-refractivity contribution in [3.8, 4) is 5.69 Å². The van der Waals surface area contributed by atoms with Gasteiger partial charge < -0.3 is 11.1 Å². The molecule has 0 bridgehead atoms. The number of allylic oxidation sites excluding steroid dienone is 1. The van der Waals surface area contributed by atoms with Crippen LogP contribution in [0.1, 0.15) is 34.7 Å². The summed E-state index contributed by atoms with van der Waals surface area (Å²) in [5.41, 5.74) is 6.37. The highest BCUT2D eigenvalue weighted by Crippen LogP contribution is 2.24. The SMILES string of the molecule is C[C@@H](NC(=O)c1c(N)nn2cccnc12)c1nc2cccc(/C=C/C(F)(F)F)c2c(=O)n1-c1ccccc1. The average Bonchev–Trinajstić information content (AvgIpc) is 3.23. The number of para-hydroxylation sites is 1. The molecular formula is C26H20F3N7O2. The summed E-state index contributed by atoms with van der Waals surface area (Å²) in [5.74, 6) is -0.442. The number of hydrogen-bond donors (Lipinski definition) is 2. The fraction of sp³-hybridized carbons (Fsp3) is 0.115. The van der Waals surface area contributed by atoms with E-state index in [4.69, 9.17) is 5.73 Å². The lowest BCUT2D eigenvalue weighted by Gasteiger charge is -2.20. The van der Waals surface area contributed by atoms with Gasteiger partial charge in [-0.15, -0.1) is 5.10 Å². The third kappa shape index (κ3) is 4.59. The van der Waals surface area contributed by atoms with Crippen LogP contribution in [0.2, 0.25) is 0 Å². The van der Waals surface area contributed by atoms with Gasteiger partial charge in [0.1, 0.15) is 11.4 Å². The molecule has 38 heavy (non-hydrogen) atoms. The Hall–Kier alpha value is -5.00. The van der Waals surface area contributed by atoms with Gasteiger partial charge in [0.05, 0.1) is 22.6 Å². The fourth-order valence-electron chi connectivity index (χ4n) is 4.17. The molecule has 0 saturated carbocycles. The lowest BCUT2D eigenvalue weighted by molar-refractivity contribution is -0.0790. The first kappa shape index (κ1) is 24.7. The van der Waals surface area contributed by atoms with Crippen LogP contribution < -0.4 is 16.6 Å². The number of nitrogens with zero attached hydrogens (tertiary/aromatic N) is 5. The Bertz CT molecular complexity index is 1760. The van der Waals surface area contributed by atoms with Crippen molar-refractivity contribution < 1.29 is 18.0 Å². The van der Waals surface area contributed by atoms with E-state index in [2.05, 4.69) is 20.4 Å². The van der Waals surface area contributed by atoms with Crippen molar-refractivity contribution in [2.24, 2.45) is 0 Å². The van der Waals surface area contributed by atoms with E-state index in [0.717, 1.165) is 6.08 Å². The van der Waals surface area contributed by atoms with Gasteiger partial charge >= 0.3 is 6.18 Å². The maximum atomic E-state index is 13.8. The van der Waals surface area contributed by atoms with E-state index in [1.165, 1.54) is 33.5 Å². The Kier molecular flexibility index (Phi) is 6.15. The summed E-state index contributed by atoms with van der Waals surface area (Å²) >= 11 is 0. The normalized spacial score (nSPS) is 12.8. The number of hydrogen-bond acceptors (Lipinski definition) is 6. The molecule has 2 aromatic carbocycles. The molecule has 5 aromatic rings. The average molecular weight is 519 g/mol. The Morgan fingerprint density at radius 3 is 2.61 bits per heavy atom. The van der Waals surface area contributed by atoms with Crippen LogP contribution in [0.5, 0.6) is 0 Å². The molecule has 0 radical (unpaired) electrons. The quantitative estimate of drug-likeness (QED) is 0.361. The number of amides is 1. The van der Waals surface area contributed by atoms with Crippen LogP contribution in [0.3, 0.4) is 0 Å². The van der Waals surface area contributed by atoms with Crippen molar-refractivity contribution in [1.29, 1.82) is 0 Å². The van der Waals surface area contributed by atoms with Gasteiger partial charge in [0, 0.05) is 18.5 Å². The van der Waals surface area contributed by atoms with E-state index in [1.54, 1.807) is 49.5 Å². The molecule has 3 aromatic heterocycles. The van der Waals surface area contributed by atoms with Crippen LogP contribution in [-0.4, -0.2) is 36.2 Å². The number of carbonyl (C=O) groups excluding carboxylic acids is 1. The van der Waals surface area contributed by atoms with Crippen molar-refractivity contribution in [3.05, 3.63) is 100 Å². The van der Waals surface area contributed by atoms with Gasteiger partial charge in [-0.1, -0.05) is 30.3 Å². The van der Waals surface area contributed by atoms with E-state index in [9.17, 15) is 22.8 Å². The number of alkyl halides is 3. The predicted octanol–water partition coefficient (Wildman–Crippen LogP) is 4.08. The van der Waals surface area contributed by atoms with Crippen LogP contribution >= 0.6 is 0 Å². The molecule has 192 valence electrons. The van der Waals surface area contributed by atoms with Crippen LogP contribution in [0, 0.1) is 0 Å². The number of nitrogens with two attached hydrogens (primary N) is 1. The number of aromatic nitrogens is 5. The molecule has 0 fully saturated rings. The van der Waals surface area contributed by atoms with Gasteiger partial charge in [0.25, 0.3) is 11.5 Å². The summed E-state index contributed by atoms with van der Waals surface area (Å²) in [5, 5.41) is 6.90. The molecule has 3 N–H and O–H groups in total. The predicted molar refractivity (Wildman–Crippen MR) is 136 cm³/mol. The number of rotatable bonds is 5. The standard InChI is InChI=1S/C26H20F3N7O2/c1-15(32-24(37)20-21(30)34-35-14-6-13-31-23(20)35)22-33-18-10-5-7-16(11-12-26(27,28)29)19(18)25(38)36(22)17-8-3-2-4-9-17/h2-15H,1H3,(H2,30,34)(H,32,37)/b12-11+/t15-/m1/s1. The van der Waals surface area contributed by atoms with E-state index < -0.39 is 23.7 Å². The van der Waals surface area contributed by atoms with E-state index >= 15 is 0 Å². The van der Waals surface area contributed by atoms with Crippen molar-refractivity contribution in [1.82, 2.24) is 29.5 Å². The summed E-state index contributed by atoms with van der Waals surface area (Å²) in [6.07, 6.45) is -0.547. The van der Waals surface area contributed by atoms with Gasteiger partial charge in [0.15, 0.2) is 11.5 Å². The number of carbonyl (C=O) groups is 1. The molecule has 12 heteroatoms. The van der Waals surface area contributed by atoms with Crippen LogP contribution in [0.15, 0.2) is 77.9 Å². The second-order valence-corrected chi connectivity index (χ2v) is 8.41. The molecule has 0 aliphatic heterocycles. The third-order valence-corrected chi connectivity index (χ3v) is 5.81. The number of nitrogen functional groups attached to an aromatic ring is 1. The van der Waals surface area contributed by atoms with Crippen LogP contribution in [0.25, 0.3) is 28.3 Å². The zero-order valence-corrected chi connectivity index (χ0v) is 19.8. The first-order valence-electron chi connectivity index (χ1n) is 11.4. The Morgan fingerprint density at radius 2 is 1.87 bits per heavy atom. The molecule has 0 aliphatic carbocycles. The molecule has 0 saturated heterocycles. The highest BCUT2D eigenvalue weighted by Gasteiger charge is 2.25. The fourth-order valence-corrected chi connectivity index (χ4v) is 4.17. The first-order chi connectivity index (χ1) is 18.1. The number of benzene rings is 2. The molecule has 9 nitrogen and oxygen atoms in total. The number of halogens is 3. The zero-order valence-electron chi connectivity index (χ0n) is 19.8. The van der Waals surface area contributed by atoms with E-state index in [-0.39, 0.29) is 45.4 Å². The summed E-state index contributed by atoms with van der Waals surface area (Å²) in [6.45, 7) is 1.63. The third-order valence-electron chi connectivity index (χ3n) is 5.81. The molecule has 3 heterocycles. The van der Waals surface area contributed by atoms with Gasteiger partial charge in [-0.3, -0.25) is 14.2 Å². The molecule has 1 atom stereocenters. The highest BCUT2D eigenvalue weighted by atomic mass is 19.4. The maximum absolute atomic E-state index is 13.8. The number of nitrogens with one attached hydrogen (secondary N) is 1. The highest BCUT2D eigenvalue weighted by molar-refractivity contribution is 6.04. The zero-order chi connectivity index (χ0) is 27.0. The second kappa shape index (κ2) is 9.47. The van der Waals surface area contributed by atoms with Crippen molar-refractivity contribution in [2.75, 3.05) is 5.73 Å². The topological polar surface area (TPSA) is 120 Å². The van der Waals surface area contributed by atoms with Crippen molar-refractivity contribution >= 4 is 34.4 Å². The van der Waals surface area contributed by atoms with Gasteiger partial charge in [-0.05, 0) is 42.8 Å². The summed E-state index contributed by atoms with van der Waals surface area (Å²) in [7, 11) is 0. The Balaban J connectivity index is 1.65. The molecule has 5 rings (SSSR count). The van der Waals surface area contributed by atoms with Gasteiger partial charge in [-0.2, -0.15) is 13.2 Å². The van der Waals surface area contributed by atoms with Crippen LogP contribution in [-0.2, 0) is 0 Å². The Morgan fingerprint density at radius 1 is 1.11 bits per heavy atom. The lowest BCUT2D eigenvalue weighted by atomic mass is 10.1.